The summed E-state index contributed by atoms with van der Waals surface area (Å²) < 4.78 is 20.8. The summed E-state index contributed by atoms with van der Waals surface area (Å²) in [6, 6.07) is 0. The number of nitrogens with zero attached hydrogens (tertiary/aromatic N) is 3. The van der Waals surface area contributed by atoms with Crippen LogP contribution in [0.4, 0.5) is 4.79 Å². The molecule has 2 N–H and O–H groups in total. The Morgan fingerprint density at radius 2 is 1.52 bits per heavy atom. The maximum atomic E-state index is 11.6. The summed E-state index contributed by atoms with van der Waals surface area (Å²) in [4.78, 5) is 25.5. The zero-order chi connectivity index (χ0) is 20.4. The zero-order valence-electron chi connectivity index (χ0n) is 16.4. The van der Waals surface area contributed by atoms with E-state index < -0.39 is 11.7 Å². The number of hydrogen-bond donors (Lipinski definition) is 2. The third kappa shape index (κ3) is 20.1. The number of azide groups is 1. The fourth-order valence-electron chi connectivity index (χ4n) is 1.63. The SMILES string of the molecule is CC(C)(C)OC(=O)NCCOCCNC(=O)CCOCCOCCN=[N+]=[N-]. The molecule has 0 fully saturated rings. The molecule has 0 radical (unpaired) electrons. The van der Waals surface area contributed by atoms with Crippen LogP contribution < -0.4 is 10.6 Å². The van der Waals surface area contributed by atoms with E-state index in [1.54, 1.807) is 20.8 Å². The Morgan fingerprint density at radius 3 is 2.15 bits per heavy atom. The van der Waals surface area contributed by atoms with Crippen LogP contribution in [0.15, 0.2) is 5.11 Å². The highest BCUT2D eigenvalue weighted by molar-refractivity contribution is 5.75. The maximum absolute atomic E-state index is 11.6. The average molecular weight is 389 g/mol. The Balaban J connectivity index is 3.35. The molecule has 0 rings (SSSR count). The van der Waals surface area contributed by atoms with E-state index in [2.05, 4.69) is 20.7 Å². The van der Waals surface area contributed by atoms with Crippen molar-refractivity contribution in [1.29, 1.82) is 0 Å². The van der Waals surface area contributed by atoms with Crippen molar-refractivity contribution in [3.8, 4) is 0 Å². The molecule has 0 spiro atoms. The van der Waals surface area contributed by atoms with Gasteiger partial charge in [0.2, 0.25) is 5.91 Å². The summed E-state index contributed by atoms with van der Waals surface area (Å²) in [5, 5.41) is 8.61. The van der Waals surface area contributed by atoms with Gasteiger partial charge in [0.05, 0.1) is 39.6 Å². The largest absolute Gasteiger partial charge is 0.444 e. The Kier molecular flexibility index (Phi) is 14.9. The van der Waals surface area contributed by atoms with Crippen molar-refractivity contribution < 1.29 is 28.5 Å². The number of ether oxygens (including phenoxy) is 4. The molecule has 0 saturated heterocycles. The lowest BCUT2D eigenvalue weighted by Gasteiger charge is -2.19. The number of nitrogens with one attached hydrogen (secondary N) is 2. The first-order valence-electron chi connectivity index (χ1n) is 8.83. The molecule has 0 aromatic heterocycles. The predicted molar refractivity (Wildman–Crippen MR) is 98.3 cm³/mol. The van der Waals surface area contributed by atoms with Crippen LogP contribution in [0.5, 0.6) is 0 Å². The fourth-order valence-corrected chi connectivity index (χ4v) is 1.63. The Morgan fingerprint density at radius 1 is 0.926 bits per heavy atom. The van der Waals surface area contributed by atoms with Crippen molar-refractivity contribution in [1.82, 2.24) is 10.6 Å². The summed E-state index contributed by atoms with van der Waals surface area (Å²) in [6.45, 7) is 8.46. The van der Waals surface area contributed by atoms with Crippen LogP contribution in [0, 0.1) is 0 Å². The van der Waals surface area contributed by atoms with Crippen molar-refractivity contribution in [3.63, 3.8) is 0 Å². The summed E-state index contributed by atoms with van der Waals surface area (Å²) in [5.74, 6) is -0.130. The van der Waals surface area contributed by atoms with Gasteiger partial charge < -0.3 is 29.6 Å². The Labute approximate surface area is 159 Å². The topological polar surface area (TPSA) is 144 Å². The lowest BCUT2D eigenvalue weighted by molar-refractivity contribution is -0.122. The average Bonchev–Trinajstić information content (AvgIpc) is 2.58. The van der Waals surface area contributed by atoms with Crippen LogP contribution >= 0.6 is 0 Å². The number of rotatable bonds is 15. The molecule has 11 heteroatoms. The standard InChI is InChI=1S/C16H31N5O6/c1-16(2,3)27-15(23)19-6-10-25-9-5-18-14(22)4-8-24-12-13-26-11-7-20-21-17/h4-13H2,1-3H3,(H,18,22)(H,19,23). The molecule has 0 unspecified atom stereocenters. The van der Waals surface area contributed by atoms with Crippen LogP contribution in [0.2, 0.25) is 0 Å². The summed E-state index contributed by atoms with van der Waals surface area (Å²) in [6.07, 6.45) is -0.237. The first-order valence-corrected chi connectivity index (χ1v) is 8.83. The van der Waals surface area contributed by atoms with Gasteiger partial charge in [0.15, 0.2) is 0 Å². The van der Waals surface area contributed by atoms with Gasteiger partial charge in [0.1, 0.15) is 5.60 Å². The lowest BCUT2D eigenvalue weighted by Crippen LogP contribution is -2.34. The van der Waals surface area contributed by atoms with Crippen LogP contribution in [0.1, 0.15) is 27.2 Å². The Hall–Kier alpha value is -2.07. The summed E-state index contributed by atoms with van der Waals surface area (Å²) in [7, 11) is 0. The maximum Gasteiger partial charge on any atom is 0.407 e. The molecule has 0 aliphatic heterocycles. The van der Waals surface area contributed by atoms with Crippen molar-refractivity contribution in [2.75, 3.05) is 59.3 Å². The predicted octanol–water partition coefficient (Wildman–Crippen LogP) is 1.38. The lowest BCUT2D eigenvalue weighted by atomic mass is 10.2. The fraction of sp³-hybridized carbons (Fsp3) is 0.875. The number of carbonyl (C=O) groups excluding carboxylic acids is 2. The molecular weight excluding hydrogens is 358 g/mol. The summed E-state index contributed by atoms with van der Waals surface area (Å²) >= 11 is 0. The van der Waals surface area contributed by atoms with Crippen molar-refractivity contribution in [2.24, 2.45) is 5.11 Å². The molecule has 0 bridgehead atoms. The van der Waals surface area contributed by atoms with E-state index in [4.69, 9.17) is 24.5 Å². The highest BCUT2D eigenvalue weighted by Gasteiger charge is 2.15. The van der Waals surface area contributed by atoms with Crippen molar-refractivity contribution in [3.05, 3.63) is 10.4 Å². The minimum absolute atomic E-state index is 0.130. The zero-order valence-corrected chi connectivity index (χ0v) is 16.4. The highest BCUT2D eigenvalue weighted by atomic mass is 16.6. The van der Waals surface area contributed by atoms with Gasteiger partial charge in [-0.3, -0.25) is 4.79 Å². The van der Waals surface area contributed by atoms with Gasteiger partial charge in [-0.25, -0.2) is 4.79 Å². The van der Waals surface area contributed by atoms with Gasteiger partial charge in [-0.2, -0.15) is 0 Å². The number of alkyl carbamates (subject to hydrolysis) is 1. The minimum Gasteiger partial charge on any atom is -0.444 e. The van der Waals surface area contributed by atoms with Gasteiger partial charge in [-0.15, -0.1) is 0 Å². The molecule has 0 saturated carbocycles. The van der Waals surface area contributed by atoms with Crippen LogP contribution in [0.3, 0.4) is 0 Å². The molecule has 2 amide bonds. The van der Waals surface area contributed by atoms with Gasteiger partial charge in [-0.05, 0) is 26.3 Å². The molecule has 0 aliphatic carbocycles. The molecule has 0 atom stereocenters. The van der Waals surface area contributed by atoms with Crippen LogP contribution in [-0.2, 0) is 23.7 Å². The smallest absolute Gasteiger partial charge is 0.407 e. The number of hydrogen-bond acceptors (Lipinski definition) is 7. The van der Waals surface area contributed by atoms with E-state index >= 15 is 0 Å². The second-order valence-corrected chi connectivity index (χ2v) is 6.32. The highest BCUT2D eigenvalue weighted by Crippen LogP contribution is 2.05. The molecule has 0 aromatic rings. The van der Waals surface area contributed by atoms with E-state index in [1.807, 2.05) is 0 Å². The third-order valence-electron chi connectivity index (χ3n) is 2.73. The third-order valence-corrected chi connectivity index (χ3v) is 2.73. The quantitative estimate of drug-likeness (QED) is 0.187. The van der Waals surface area contributed by atoms with Gasteiger partial charge in [0.25, 0.3) is 0 Å². The monoisotopic (exact) mass is 389 g/mol. The normalized spacial score (nSPS) is 10.8. The molecule has 156 valence electrons. The van der Waals surface area contributed by atoms with Crippen LogP contribution in [0.25, 0.3) is 10.4 Å². The van der Waals surface area contributed by atoms with Gasteiger partial charge in [0, 0.05) is 31.0 Å². The molecule has 27 heavy (non-hydrogen) atoms. The Bertz CT molecular complexity index is 463. The first-order chi connectivity index (χ1) is 12.8. The van der Waals surface area contributed by atoms with Crippen molar-refractivity contribution in [2.45, 2.75) is 32.8 Å². The molecule has 0 aromatic carbocycles. The second-order valence-electron chi connectivity index (χ2n) is 6.32. The molecule has 0 heterocycles. The number of carbonyl (C=O) groups is 2. The van der Waals surface area contributed by atoms with E-state index in [-0.39, 0.29) is 18.9 Å². The first kappa shape index (κ1) is 24.9. The van der Waals surface area contributed by atoms with Crippen molar-refractivity contribution >= 4 is 12.0 Å². The van der Waals surface area contributed by atoms with E-state index in [9.17, 15) is 9.59 Å². The van der Waals surface area contributed by atoms with Gasteiger partial charge >= 0.3 is 6.09 Å². The molecular formula is C16H31N5O6. The molecule has 0 aliphatic rings. The minimum atomic E-state index is -0.529. The second kappa shape index (κ2) is 16.1. The number of amides is 2. The van der Waals surface area contributed by atoms with E-state index in [0.717, 1.165) is 0 Å². The van der Waals surface area contributed by atoms with E-state index in [1.165, 1.54) is 0 Å². The van der Waals surface area contributed by atoms with E-state index in [0.29, 0.717) is 52.7 Å². The summed E-state index contributed by atoms with van der Waals surface area (Å²) in [5.41, 5.74) is 7.54. The van der Waals surface area contributed by atoms with Crippen LogP contribution in [-0.4, -0.2) is 76.9 Å². The molecule has 11 nitrogen and oxygen atoms in total. The van der Waals surface area contributed by atoms with Gasteiger partial charge in [-0.1, -0.05) is 5.11 Å².